The lowest BCUT2D eigenvalue weighted by Crippen LogP contribution is -2.59. The van der Waals surface area contributed by atoms with Gasteiger partial charge in [-0.25, -0.2) is 0 Å². The molecule has 2 rings (SSSR count). The minimum atomic E-state index is -0.510. The van der Waals surface area contributed by atoms with Gasteiger partial charge in [-0.3, -0.25) is 4.79 Å². The Morgan fingerprint density at radius 3 is 2.58 bits per heavy atom. The standard InChI is InChI=1S/C15H22N2O2/c16-13(8-7-12-5-2-1-3-6-12)14(19)17-15(11-18)9-4-10-15/h1-3,5-6,13,18H,4,7-11,16H2,(H,17,19). The molecule has 0 aliphatic heterocycles. The Morgan fingerprint density at radius 2 is 2.05 bits per heavy atom. The third-order valence-electron chi connectivity index (χ3n) is 3.93. The van der Waals surface area contributed by atoms with E-state index in [0.717, 1.165) is 25.7 Å². The molecule has 0 aromatic heterocycles. The van der Waals surface area contributed by atoms with Crippen molar-refractivity contribution in [2.24, 2.45) is 5.73 Å². The molecule has 1 aliphatic carbocycles. The second kappa shape index (κ2) is 6.17. The van der Waals surface area contributed by atoms with E-state index in [1.54, 1.807) is 0 Å². The van der Waals surface area contributed by atoms with Gasteiger partial charge in [-0.2, -0.15) is 0 Å². The Labute approximate surface area is 114 Å². The van der Waals surface area contributed by atoms with Crippen LogP contribution in [-0.2, 0) is 11.2 Å². The molecule has 0 radical (unpaired) electrons. The summed E-state index contributed by atoms with van der Waals surface area (Å²) in [6.45, 7) is 0.00411. The van der Waals surface area contributed by atoms with Crippen molar-refractivity contribution in [3.05, 3.63) is 35.9 Å². The Bertz CT molecular complexity index is 410. The molecular weight excluding hydrogens is 240 g/mol. The van der Waals surface area contributed by atoms with E-state index >= 15 is 0 Å². The van der Waals surface area contributed by atoms with Crippen LogP contribution in [-0.4, -0.2) is 29.2 Å². The lowest BCUT2D eigenvalue weighted by molar-refractivity contribution is -0.126. The Balaban J connectivity index is 1.79. The van der Waals surface area contributed by atoms with E-state index < -0.39 is 11.6 Å². The fourth-order valence-electron chi connectivity index (χ4n) is 2.38. The van der Waals surface area contributed by atoms with Crippen LogP contribution in [0.15, 0.2) is 30.3 Å². The van der Waals surface area contributed by atoms with Gasteiger partial charge in [0, 0.05) is 0 Å². The van der Waals surface area contributed by atoms with Gasteiger partial charge in [0.05, 0.1) is 18.2 Å². The number of hydrogen-bond acceptors (Lipinski definition) is 3. The lowest BCUT2D eigenvalue weighted by Gasteiger charge is -2.41. The van der Waals surface area contributed by atoms with Crippen LogP contribution in [0.25, 0.3) is 0 Å². The summed E-state index contributed by atoms with van der Waals surface area (Å²) in [4.78, 5) is 12.0. The molecule has 1 aromatic rings. The molecule has 1 saturated carbocycles. The molecule has 19 heavy (non-hydrogen) atoms. The first-order chi connectivity index (χ1) is 9.15. The maximum Gasteiger partial charge on any atom is 0.237 e. The van der Waals surface area contributed by atoms with E-state index in [9.17, 15) is 9.90 Å². The molecule has 1 aromatic carbocycles. The third kappa shape index (κ3) is 3.55. The predicted octanol–water partition coefficient (Wildman–Crippen LogP) is 0.978. The second-order valence-corrected chi connectivity index (χ2v) is 5.41. The lowest BCUT2D eigenvalue weighted by atomic mass is 9.77. The van der Waals surface area contributed by atoms with Gasteiger partial charge in [0.25, 0.3) is 0 Å². The highest BCUT2D eigenvalue weighted by Crippen LogP contribution is 2.31. The first kappa shape index (κ1) is 14.0. The van der Waals surface area contributed by atoms with Gasteiger partial charge in [0.2, 0.25) is 5.91 Å². The smallest absolute Gasteiger partial charge is 0.237 e. The second-order valence-electron chi connectivity index (χ2n) is 5.41. The summed E-state index contributed by atoms with van der Waals surface area (Å²) in [7, 11) is 0. The Hall–Kier alpha value is -1.39. The van der Waals surface area contributed by atoms with Crippen molar-refractivity contribution in [2.75, 3.05) is 6.61 Å². The van der Waals surface area contributed by atoms with Crippen molar-refractivity contribution in [1.82, 2.24) is 5.32 Å². The van der Waals surface area contributed by atoms with Crippen molar-refractivity contribution in [1.29, 1.82) is 0 Å². The SMILES string of the molecule is NC(CCc1ccccc1)C(=O)NC1(CO)CCC1. The van der Waals surface area contributed by atoms with Gasteiger partial charge in [-0.05, 0) is 37.7 Å². The number of aliphatic hydroxyl groups excluding tert-OH is 1. The summed E-state index contributed by atoms with van der Waals surface area (Å²) < 4.78 is 0. The number of amides is 1. The molecule has 104 valence electrons. The van der Waals surface area contributed by atoms with Crippen molar-refractivity contribution in [3.8, 4) is 0 Å². The molecule has 0 saturated heterocycles. The highest BCUT2D eigenvalue weighted by atomic mass is 16.3. The average Bonchev–Trinajstić information content (AvgIpc) is 2.41. The van der Waals surface area contributed by atoms with Gasteiger partial charge in [0.15, 0.2) is 0 Å². The van der Waals surface area contributed by atoms with E-state index in [1.165, 1.54) is 5.56 Å². The maximum absolute atomic E-state index is 12.0. The van der Waals surface area contributed by atoms with Crippen LogP contribution >= 0.6 is 0 Å². The van der Waals surface area contributed by atoms with Gasteiger partial charge in [-0.1, -0.05) is 30.3 Å². The minimum absolute atomic E-state index is 0.00411. The maximum atomic E-state index is 12.0. The zero-order valence-electron chi connectivity index (χ0n) is 11.1. The fraction of sp³-hybridized carbons (Fsp3) is 0.533. The molecule has 1 aliphatic rings. The largest absolute Gasteiger partial charge is 0.394 e. The number of benzene rings is 1. The number of carbonyl (C=O) groups excluding carboxylic acids is 1. The zero-order valence-corrected chi connectivity index (χ0v) is 11.1. The molecule has 1 atom stereocenters. The van der Waals surface area contributed by atoms with Crippen LogP contribution in [0.3, 0.4) is 0 Å². The number of rotatable bonds is 6. The Kier molecular flexibility index (Phi) is 4.56. The molecular formula is C15H22N2O2. The van der Waals surface area contributed by atoms with E-state index in [1.807, 2.05) is 30.3 Å². The number of nitrogens with one attached hydrogen (secondary N) is 1. The Morgan fingerprint density at radius 1 is 1.37 bits per heavy atom. The quantitative estimate of drug-likeness (QED) is 0.715. The van der Waals surface area contributed by atoms with Gasteiger partial charge >= 0.3 is 0 Å². The monoisotopic (exact) mass is 262 g/mol. The van der Waals surface area contributed by atoms with Gasteiger partial charge in [-0.15, -0.1) is 0 Å². The summed E-state index contributed by atoms with van der Waals surface area (Å²) in [5.41, 5.74) is 6.70. The molecule has 0 heterocycles. The highest BCUT2D eigenvalue weighted by molar-refractivity contribution is 5.82. The molecule has 1 amide bonds. The van der Waals surface area contributed by atoms with Crippen LogP contribution < -0.4 is 11.1 Å². The molecule has 0 bridgehead atoms. The topological polar surface area (TPSA) is 75.4 Å². The molecule has 0 spiro atoms. The first-order valence-electron chi connectivity index (χ1n) is 6.88. The van der Waals surface area contributed by atoms with Crippen LogP contribution in [0.2, 0.25) is 0 Å². The van der Waals surface area contributed by atoms with E-state index in [4.69, 9.17) is 5.73 Å². The molecule has 4 N–H and O–H groups in total. The summed E-state index contributed by atoms with van der Waals surface area (Å²) >= 11 is 0. The normalized spacial score (nSPS) is 18.4. The zero-order chi connectivity index (χ0) is 13.7. The van der Waals surface area contributed by atoms with E-state index in [2.05, 4.69) is 5.32 Å². The average molecular weight is 262 g/mol. The van der Waals surface area contributed by atoms with Crippen LogP contribution in [0.1, 0.15) is 31.2 Å². The number of aliphatic hydroxyl groups is 1. The van der Waals surface area contributed by atoms with Crippen molar-refractivity contribution >= 4 is 5.91 Å². The summed E-state index contributed by atoms with van der Waals surface area (Å²) in [6.07, 6.45) is 4.17. The number of carbonyl (C=O) groups is 1. The van der Waals surface area contributed by atoms with E-state index in [-0.39, 0.29) is 12.5 Å². The highest BCUT2D eigenvalue weighted by Gasteiger charge is 2.38. The van der Waals surface area contributed by atoms with Crippen LogP contribution in [0, 0.1) is 0 Å². The molecule has 1 unspecified atom stereocenters. The molecule has 4 nitrogen and oxygen atoms in total. The number of hydrogen-bond donors (Lipinski definition) is 3. The van der Waals surface area contributed by atoms with Gasteiger partial charge < -0.3 is 16.2 Å². The molecule has 4 heteroatoms. The van der Waals surface area contributed by atoms with Gasteiger partial charge in [0.1, 0.15) is 0 Å². The summed E-state index contributed by atoms with van der Waals surface area (Å²) in [5, 5.41) is 12.2. The predicted molar refractivity (Wildman–Crippen MR) is 74.5 cm³/mol. The fourth-order valence-corrected chi connectivity index (χ4v) is 2.38. The van der Waals surface area contributed by atoms with E-state index in [0.29, 0.717) is 6.42 Å². The number of nitrogens with two attached hydrogens (primary N) is 1. The van der Waals surface area contributed by atoms with Crippen molar-refractivity contribution in [2.45, 2.75) is 43.7 Å². The number of aryl methyl sites for hydroxylation is 1. The molecule has 1 fully saturated rings. The first-order valence-corrected chi connectivity index (χ1v) is 6.88. The third-order valence-corrected chi connectivity index (χ3v) is 3.93. The van der Waals surface area contributed by atoms with Crippen molar-refractivity contribution < 1.29 is 9.90 Å². The summed E-state index contributed by atoms with van der Waals surface area (Å²) in [6, 6.07) is 9.49. The van der Waals surface area contributed by atoms with Crippen LogP contribution in [0.4, 0.5) is 0 Å². The minimum Gasteiger partial charge on any atom is -0.394 e. The summed E-state index contributed by atoms with van der Waals surface area (Å²) in [5.74, 6) is -0.148. The van der Waals surface area contributed by atoms with Crippen molar-refractivity contribution in [3.63, 3.8) is 0 Å². The van der Waals surface area contributed by atoms with Crippen LogP contribution in [0.5, 0.6) is 0 Å².